The van der Waals surface area contributed by atoms with Gasteiger partial charge in [0.15, 0.2) is 0 Å². The minimum absolute atomic E-state index is 0.106. The summed E-state index contributed by atoms with van der Waals surface area (Å²) >= 11 is 0. The average molecular weight is 261 g/mol. The SMILES string of the molecule is Cc1ccc(C(C)NC(C)CC(F)(F)F)c(O)c1. The van der Waals surface area contributed by atoms with Gasteiger partial charge in [-0.2, -0.15) is 13.2 Å². The predicted octanol–water partition coefficient (Wildman–Crippen LogP) is 3.69. The summed E-state index contributed by atoms with van der Waals surface area (Å²) in [4.78, 5) is 0. The van der Waals surface area contributed by atoms with Gasteiger partial charge in [-0.15, -0.1) is 0 Å². The average Bonchev–Trinajstić information content (AvgIpc) is 2.13. The van der Waals surface area contributed by atoms with E-state index in [0.29, 0.717) is 5.56 Å². The highest BCUT2D eigenvalue weighted by atomic mass is 19.4. The summed E-state index contributed by atoms with van der Waals surface area (Å²) < 4.78 is 36.6. The van der Waals surface area contributed by atoms with E-state index in [1.54, 1.807) is 19.1 Å². The highest BCUT2D eigenvalue weighted by molar-refractivity contribution is 5.37. The van der Waals surface area contributed by atoms with Crippen LogP contribution in [0.3, 0.4) is 0 Å². The number of nitrogens with one attached hydrogen (secondary N) is 1. The number of aromatic hydroxyl groups is 1. The van der Waals surface area contributed by atoms with Crippen LogP contribution in [-0.2, 0) is 0 Å². The largest absolute Gasteiger partial charge is 0.508 e. The lowest BCUT2D eigenvalue weighted by Crippen LogP contribution is -2.33. The zero-order valence-electron chi connectivity index (χ0n) is 10.7. The van der Waals surface area contributed by atoms with Crippen molar-refractivity contribution in [3.63, 3.8) is 0 Å². The maximum absolute atomic E-state index is 12.2. The Morgan fingerprint density at radius 2 is 1.89 bits per heavy atom. The van der Waals surface area contributed by atoms with Gasteiger partial charge in [-0.05, 0) is 32.4 Å². The molecule has 0 bridgehead atoms. The molecule has 0 aliphatic heterocycles. The number of benzene rings is 1. The van der Waals surface area contributed by atoms with E-state index < -0.39 is 18.6 Å². The Morgan fingerprint density at radius 1 is 1.28 bits per heavy atom. The van der Waals surface area contributed by atoms with E-state index in [1.165, 1.54) is 6.92 Å². The van der Waals surface area contributed by atoms with Crippen LogP contribution in [0.4, 0.5) is 13.2 Å². The number of phenolic OH excluding ortho intramolecular Hbond substituents is 1. The van der Waals surface area contributed by atoms with Gasteiger partial charge in [-0.25, -0.2) is 0 Å². The van der Waals surface area contributed by atoms with Gasteiger partial charge in [0.25, 0.3) is 0 Å². The van der Waals surface area contributed by atoms with E-state index in [4.69, 9.17) is 0 Å². The topological polar surface area (TPSA) is 32.3 Å². The molecular weight excluding hydrogens is 243 g/mol. The first-order valence-corrected chi connectivity index (χ1v) is 5.81. The van der Waals surface area contributed by atoms with Gasteiger partial charge in [0.2, 0.25) is 0 Å². The highest BCUT2D eigenvalue weighted by Crippen LogP contribution is 2.27. The summed E-state index contributed by atoms with van der Waals surface area (Å²) in [5, 5.41) is 12.6. The number of hydrogen-bond acceptors (Lipinski definition) is 2. The van der Waals surface area contributed by atoms with Crippen molar-refractivity contribution >= 4 is 0 Å². The van der Waals surface area contributed by atoms with Crippen molar-refractivity contribution < 1.29 is 18.3 Å². The van der Waals surface area contributed by atoms with Gasteiger partial charge >= 0.3 is 6.18 Å². The first-order chi connectivity index (χ1) is 8.19. The molecule has 2 unspecified atom stereocenters. The Bertz CT molecular complexity index is 404. The Balaban J connectivity index is 2.67. The van der Waals surface area contributed by atoms with Crippen molar-refractivity contribution in [3.05, 3.63) is 29.3 Å². The Hall–Kier alpha value is -1.23. The number of phenols is 1. The van der Waals surface area contributed by atoms with Gasteiger partial charge in [-0.1, -0.05) is 12.1 Å². The number of alkyl halides is 3. The smallest absolute Gasteiger partial charge is 0.390 e. The van der Waals surface area contributed by atoms with Gasteiger partial charge in [0.1, 0.15) is 5.75 Å². The van der Waals surface area contributed by atoms with Crippen LogP contribution in [0.25, 0.3) is 0 Å². The third-order valence-corrected chi connectivity index (χ3v) is 2.72. The molecule has 2 N–H and O–H groups in total. The number of aryl methyl sites for hydroxylation is 1. The second-order valence-corrected chi connectivity index (χ2v) is 4.67. The monoisotopic (exact) mass is 261 g/mol. The van der Waals surface area contributed by atoms with Crippen molar-refractivity contribution in [3.8, 4) is 5.75 Å². The lowest BCUT2D eigenvalue weighted by molar-refractivity contribution is -0.139. The van der Waals surface area contributed by atoms with Gasteiger partial charge in [0.05, 0.1) is 6.42 Å². The second kappa shape index (κ2) is 5.61. The molecule has 0 spiro atoms. The molecule has 0 heterocycles. The standard InChI is InChI=1S/C13H18F3NO/c1-8-4-5-11(12(18)6-8)10(3)17-9(2)7-13(14,15)16/h4-6,9-10,17-18H,7H2,1-3H3. The molecule has 0 radical (unpaired) electrons. The number of halogens is 3. The molecule has 5 heteroatoms. The molecule has 2 atom stereocenters. The molecule has 2 nitrogen and oxygen atoms in total. The van der Waals surface area contributed by atoms with Crippen LogP contribution in [-0.4, -0.2) is 17.3 Å². The minimum atomic E-state index is -4.18. The lowest BCUT2D eigenvalue weighted by atomic mass is 10.0. The van der Waals surface area contributed by atoms with Crippen LogP contribution in [0, 0.1) is 6.92 Å². The van der Waals surface area contributed by atoms with E-state index in [2.05, 4.69) is 5.32 Å². The molecule has 0 aliphatic rings. The van der Waals surface area contributed by atoms with Crippen LogP contribution < -0.4 is 5.32 Å². The lowest BCUT2D eigenvalue weighted by Gasteiger charge is -2.22. The fourth-order valence-corrected chi connectivity index (χ4v) is 1.94. The van der Waals surface area contributed by atoms with Crippen molar-refractivity contribution in [2.75, 3.05) is 0 Å². The molecule has 1 rings (SSSR count). The maximum atomic E-state index is 12.2. The molecule has 0 saturated carbocycles. The van der Waals surface area contributed by atoms with E-state index >= 15 is 0 Å². The van der Waals surface area contributed by atoms with E-state index in [1.807, 2.05) is 13.0 Å². The molecule has 0 aromatic heterocycles. The Labute approximate surface area is 105 Å². The first kappa shape index (κ1) is 14.8. The summed E-state index contributed by atoms with van der Waals surface area (Å²) in [6.07, 6.45) is -5.06. The normalized spacial score (nSPS) is 15.4. The third-order valence-electron chi connectivity index (χ3n) is 2.72. The van der Waals surface area contributed by atoms with Crippen LogP contribution >= 0.6 is 0 Å². The third kappa shape index (κ3) is 4.56. The fourth-order valence-electron chi connectivity index (χ4n) is 1.94. The van der Waals surface area contributed by atoms with Crippen LogP contribution in [0.5, 0.6) is 5.75 Å². The van der Waals surface area contributed by atoms with E-state index in [9.17, 15) is 18.3 Å². The van der Waals surface area contributed by atoms with Crippen LogP contribution in [0.15, 0.2) is 18.2 Å². The molecule has 18 heavy (non-hydrogen) atoms. The minimum Gasteiger partial charge on any atom is -0.508 e. The molecule has 102 valence electrons. The quantitative estimate of drug-likeness (QED) is 0.866. The van der Waals surface area contributed by atoms with Crippen LogP contribution in [0.1, 0.15) is 37.4 Å². The van der Waals surface area contributed by atoms with Crippen molar-refractivity contribution in [2.45, 2.75) is 45.5 Å². The maximum Gasteiger partial charge on any atom is 0.390 e. The molecule has 0 saturated heterocycles. The summed E-state index contributed by atoms with van der Waals surface area (Å²) in [7, 11) is 0. The number of hydrogen-bond donors (Lipinski definition) is 2. The van der Waals surface area contributed by atoms with Crippen molar-refractivity contribution in [2.24, 2.45) is 0 Å². The summed E-state index contributed by atoms with van der Waals surface area (Å²) in [6, 6.07) is 4.12. The Morgan fingerprint density at radius 3 is 2.39 bits per heavy atom. The first-order valence-electron chi connectivity index (χ1n) is 5.81. The summed E-state index contributed by atoms with van der Waals surface area (Å²) in [6.45, 7) is 5.06. The fraction of sp³-hybridized carbons (Fsp3) is 0.538. The van der Waals surface area contributed by atoms with Crippen molar-refractivity contribution in [1.82, 2.24) is 5.32 Å². The van der Waals surface area contributed by atoms with Gasteiger partial charge in [0, 0.05) is 17.6 Å². The van der Waals surface area contributed by atoms with E-state index in [0.717, 1.165) is 5.56 Å². The Kier molecular flexibility index (Phi) is 4.62. The van der Waals surface area contributed by atoms with Gasteiger partial charge < -0.3 is 10.4 Å². The zero-order chi connectivity index (χ0) is 13.9. The van der Waals surface area contributed by atoms with Crippen LogP contribution in [0.2, 0.25) is 0 Å². The second-order valence-electron chi connectivity index (χ2n) is 4.67. The number of rotatable bonds is 4. The zero-order valence-corrected chi connectivity index (χ0v) is 10.7. The summed E-state index contributed by atoms with van der Waals surface area (Å²) in [5.41, 5.74) is 1.52. The predicted molar refractivity (Wildman–Crippen MR) is 64.5 cm³/mol. The summed E-state index contributed by atoms with van der Waals surface area (Å²) in [5.74, 6) is 0.106. The molecular formula is C13H18F3NO. The molecule has 1 aromatic rings. The van der Waals surface area contributed by atoms with E-state index in [-0.39, 0.29) is 11.8 Å². The molecule has 0 fully saturated rings. The molecule has 0 amide bonds. The van der Waals surface area contributed by atoms with Crippen molar-refractivity contribution in [1.29, 1.82) is 0 Å². The highest BCUT2D eigenvalue weighted by Gasteiger charge is 2.30. The molecule has 0 aliphatic carbocycles. The molecule has 1 aromatic carbocycles. The van der Waals surface area contributed by atoms with Gasteiger partial charge in [-0.3, -0.25) is 0 Å².